The summed E-state index contributed by atoms with van der Waals surface area (Å²) in [6.07, 6.45) is 2.99. The van der Waals surface area contributed by atoms with Crippen LogP contribution >= 0.6 is 11.3 Å². The minimum absolute atomic E-state index is 0.00280. The number of primary amides is 1. The second kappa shape index (κ2) is 7.07. The minimum Gasteiger partial charge on any atom is -0.435 e. The van der Waals surface area contributed by atoms with Crippen molar-refractivity contribution in [2.24, 2.45) is 5.73 Å². The van der Waals surface area contributed by atoms with Crippen molar-refractivity contribution in [3.05, 3.63) is 70.1 Å². The Bertz CT molecular complexity index is 954. The maximum absolute atomic E-state index is 14.4. The third-order valence-electron chi connectivity index (χ3n) is 3.37. The van der Waals surface area contributed by atoms with Crippen molar-refractivity contribution in [3.8, 4) is 17.7 Å². The van der Waals surface area contributed by atoms with Gasteiger partial charge in [-0.25, -0.2) is 14.4 Å². The third kappa shape index (κ3) is 3.46. The van der Waals surface area contributed by atoms with E-state index in [9.17, 15) is 9.18 Å². The van der Waals surface area contributed by atoms with Crippen LogP contribution in [0, 0.1) is 17.1 Å². The number of aromatic nitrogens is 2. The molecule has 0 fully saturated rings. The number of amides is 1. The van der Waals surface area contributed by atoms with Crippen LogP contribution in [0.3, 0.4) is 0 Å². The Morgan fingerprint density at radius 1 is 1.32 bits per heavy atom. The van der Waals surface area contributed by atoms with Crippen LogP contribution in [0.15, 0.2) is 48.1 Å². The van der Waals surface area contributed by atoms with E-state index in [2.05, 4.69) is 9.97 Å². The molecule has 6 nitrogen and oxygen atoms in total. The van der Waals surface area contributed by atoms with Crippen molar-refractivity contribution in [1.82, 2.24) is 9.97 Å². The molecule has 2 aromatic heterocycles. The number of nitriles is 1. The maximum Gasteiger partial charge on any atom is 0.237 e. The largest absolute Gasteiger partial charge is 0.435 e. The highest BCUT2D eigenvalue weighted by atomic mass is 32.1. The number of nitrogens with zero attached hydrogens (tertiary/aromatic N) is 3. The first kappa shape index (κ1) is 16.5. The van der Waals surface area contributed by atoms with Gasteiger partial charge in [-0.2, -0.15) is 5.26 Å². The summed E-state index contributed by atoms with van der Waals surface area (Å²) in [6.45, 7) is 0. The van der Waals surface area contributed by atoms with Gasteiger partial charge in [0.2, 0.25) is 11.8 Å². The first-order chi connectivity index (χ1) is 12.1. The third-order valence-corrected chi connectivity index (χ3v) is 4.21. The number of hydrogen-bond donors (Lipinski definition) is 1. The number of benzene rings is 1. The summed E-state index contributed by atoms with van der Waals surface area (Å²) in [5.74, 6) is -2.27. The van der Waals surface area contributed by atoms with Gasteiger partial charge in [-0.15, -0.1) is 11.3 Å². The predicted molar refractivity (Wildman–Crippen MR) is 88.6 cm³/mol. The van der Waals surface area contributed by atoms with Crippen molar-refractivity contribution in [2.45, 2.75) is 5.92 Å². The second-order valence-corrected chi connectivity index (χ2v) is 5.89. The van der Waals surface area contributed by atoms with Gasteiger partial charge in [0.15, 0.2) is 11.6 Å². The highest BCUT2D eigenvalue weighted by molar-refractivity contribution is 7.09. The molecule has 124 valence electrons. The molecule has 0 radical (unpaired) electrons. The van der Waals surface area contributed by atoms with Gasteiger partial charge in [-0.1, -0.05) is 6.07 Å². The number of nitrogens with two attached hydrogens (primary N) is 1. The Kier molecular flexibility index (Phi) is 4.68. The molecule has 0 aliphatic heterocycles. The molecule has 0 aliphatic carbocycles. The summed E-state index contributed by atoms with van der Waals surface area (Å²) in [7, 11) is 0. The van der Waals surface area contributed by atoms with Crippen LogP contribution in [-0.4, -0.2) is 15.9 Å². The molecule has 1 atom stereocenters. The minimum atomic E-state index is -0.840. The summed E-state index contributed by atoms with van der Waals surface area (Å²) in [5, 5.41) is 11.2. The molecule has 25 heavy (non-hydrogen) atoms. The number of ether oxygens (including phenoxy) is 1. The topological polar surface area (TPSA) is 102 Å². The number of halogens is 1. The summed E-state index contributed by atoms with van der Waals surface area (Å²) in [5.41, 5.74) is 5.99. The quantitative estimate of drug-likeness (QED) is 0.759. The predicted octanol–water partition coefficient (Wildman–Crippen LogP) is 2.96. The highest BCUT2D eigenvalue weighted by Crippen LogP contribution is 2.31. The Morgan fingerprint density at radius 2 is 2.16 bits per heavy atom. The summed E-state index contributed by atoms with van der Waals surface area (Å²) in [4.78, 5) is 19.8. The molecule has 0 saturated heterocycles. The van der Waals surface area contributed by atoms with Crippen LogP contribution in [0.1, 0.15) is 22.1 Å². The fraction of sp³-hybridized carbons (Fsp3) is 0.0588. The number of carbonyl (C=O) groups is 1. The molecule has 0 saturated carbocycles. The first-order valence-corrected chi connectivity index (χ1v) is 7.99. The second-order valence-electron chi connectivity index (χ2n) is 4.97. The molecule has 2 N–H and O–H groups in total. The Labute approximate surface area is 146 Å². The average Bonchev–Trinajstić information content (AvgIpc) is 3.11. The van der Waals surface area contributed by atoms with Crippen molar-refractivity contribution in [1.29, 1.82) is 5.26 Å². The van der Waals surface area contributed by atoms with Crippen molar-refractivity contribution in [2.75, 3.05) is 0 Å². The van der Waals surface area contributed by atoms with Crippen LogP contribution < -0.4 is 10.5 Å². The average molecular weight is 354 g/mol. The van der Waals surface area contributed by atoms with Gasteiger partial charge in [-0.3, -0.25) is 4.79 Å². The fourth-order valence-electron chi connectivity index (χ4n) is 2.25. The Hall–Kier alpha value is -3.31. The molecule has 2 heterocycles. The summed E-state index contributed by atoms with van der Waals surface area (Å²) >= 11 is 1.26. The lowest BCUT2D eigenvalue weighted by atomic mass is 9.99. The summed E-state index contributed by atoms with van der Waals surface area (Å²) in [6, 6.07) is 9.08. The van der Waals surface area contributed by atoms with Gasteiger partial charge < -0.3 is 10.5 Å². The van der Waals surface area contributed by atoms with E-state index in [4.69, 9.17) is 15.7 Å². The fourth-order valence-corrected chi connectivity index (χ4v) is 3.02. The zero-order valence-electron chi connectivity index (χ0n) is 12.7. The van der Waals surface area contributed by atoms with E-state index in [0.717, 1.165) is 0 Å². The van der Waals surface area contributed by atoms with Crippen LogP contribution in [0.2, 0.25) is 0 Å². The van der Waals surface area contributed by atoms with E-state index in [1.165, 1.54) is 41.8 Å². The zero-order chi connectivity index (χ0) is 17.8. The van der Waals surface area contributed by atoms with Gasteiger partial charge in [-0.05, 0) is 29.8 Å². The van der Waals surface area contributed by atoms with Crippen LogP contribution in [-0.2, 0) is 4.79 Å². The molecule has 3 aromatic rings. The molecule has 0 bridgehead atoms. The highest BCUT2D eigenvalue weighted by Gasteiger charge is 2.24. The van der Waals surface area contributed by atoms with Gasteiger partial charge >= 0.3 is 0 Å². The first-order valence-electron chi connectivity index (χ1n) is 7.11. The van der Waals surface area contributed by atoms with Gasteiger partial charge in [0.1, 0.15) is 22.6 Å². The lowest BCUT2D eigenvalue weighted by Crippen LogP contribution is -2.22. The molecular weight excluding hydrogens is 343 g/mol. The molecule has 1 amide bonds. The monoisotopic (exact) mass is 354 g/mol. The standard InChI is InChI=1S/C17H11FN4O2S/c18-12-8-10(14(15(20)23)17-22-6-7-25-17)3-4-13(12)24-16-11(9-19)2-1-5-21-16/h1-8,14H,(H2,20,23). The van der Waals surface area contributed by atoms with E-state index in [-0.39, 0.29) is 17.2 Å². The molecule has 1 unspecified atom stereocenters. The zero-order valence-corrected chi connectivity index (χ0v) is 13.5. The lowest BCUT2D eigenvalue weighted by Gasteiger charge is -2.13. The van der Waals surface area contributed by atoms with E-state index >= 15 is 0 Å². The van der Waals surface area contributed by atoms with Gasteiger partial charge in [0.25, 0.3) is 0 Å². The smallest absolute Gasteiger partial charge is 0.237 e. The normalized spacial score (nSPS) is 11.5. The van der Waals surface area contributed by atoms with Gasteiger partial charge in [0.05, 0.1) is 0 Å². The van der Waals surface area contributed by atoms with Crippen molar-refractivity contribution >= 4 is 17.2 Å². The number of pyridine rings is 1. The van der Waals surface area contributed by atoms with E-state index in [1.54, 1.807) is 17.6 Å². The van der Waals surface area contributed by atoms with Crippen LogP contribution in [0.5, 0.6) is 11.6 Å². The van der Waals surface area contributed by atoms with Crippen LogP contribution in [0.25, 0.3) is 0 Å². The SMILES string of the molecule is N#Cc1cccnc1Oc1ccc(C(C(N)=O)c2nccs2)cc1F. The number of carbonyl (C=O) groups excluding carboxylic acids is 1. The number of thiazole rings is 1. The van der Waals surface area contributed by atoms with Crippen molar-refractivity contribution in [3.63, 3.8) is 0 Å². The van der Waals surface area contributed by atoms with Crippen LogP contribution in [0.4, 0.5) is 4.39 Å². The van der Waals surface area contributed by atoms with E-state index in [1.807, 2.05) is 6.07 Å². The molecule has 8 heteroatoms. The molecule has 0 spiro atoms. The number of hydrogen-bond acceptors (Lipinski definition) is 6. The molecule has 3 rings (SSSR count). The summed E-state index contributed by atoms with van der Waals surface area (Å²) < 4.78 is 19.8. The Morgan fingerprint density at radius 3 is 2.80 bits per heavy atom. The maximum atomic E-state index is 14.4. The van der Waals surface area contributed by atoms with Crippen molar-refractivity contribution < 1.29 is 13.9 Å². The molecular formula is C17H11FN4O2S. The van der Waals surface area contributed by atoms with Gasteiger partial charge in [0, 0.05) is 17.8 Å². The Balaban J connectivity index is 1.93. The lowest BCUT2D eigenvalue weighted by molar-refractivity contribution is -0.118. The molecule has 1 aromatic carbocycles. The number of rotatable bonds is 5. The van der Waals surface area contributed by atoms with E-state index < -0.39 is 17.6 Å². The van der Waals surface area contributed by atoms with E-state index in [0.29, 0.717) is 10.6 Å². The molecule has 0 aliphatic rings.